The highest BCUT2D eigenvalue weighted by molar-refractivity contribution is 5.37. The Bertz CT molecular complexity index is 915. The van der Waals surface area contributed by atoms with Crippen molar-refractivity contribution in [1.82, 2.24) is 5.32 Å². The van der Waals surface area contributed by atoms with Crippen LogP contribution in [0.1, 0.15) is 65.5 Å². The van der Waals surface area contributed by atoms with E-state index in [1.54, 1.807) is 0 Å². The molecule has 1 unspecified atom stereocenters. The van der Waals surface area contributed by atoms with Gasteiger partial charge in [-0.05, 0) is 65.9 Å². The van der Waals surface area contributed by atoms with Crippen LogP contribution in [0.15, 0.2) is 36.4 Å². The van der Waals surface area contributed by atoms with E-state index in [-0.39, 0.29) is 36.2 Å². The van der Waals surface area contributed by atoms with E-state index in [4.69, 9.17) is 5.73 Å². The fourth-order valence-electron chi connectivity index (χ4n) is 3.65. The number of hydrogen-bond acceptors (Lipinski definition) is 2. The van der Waals surface area contributed by atoms with Gasteiger partial charge in [0.1, 0.15) is 0 Å². The molecule has 2 aromatic rings. The van der Waals surface area contributed by atoms with E-state index in [1.807, 2.05) is 6.92 Å². The van der Waals surface area contributed by atoms with E-state index >= 15 is 0 Å². The van der Waals surface area contributed by atoms with Crippen molar-refractivity contribution in [3.8, 4) is 0 Å². The van der Waals surface area contributed by atoms with Gasteiger partial charge < -0.3 is 11.1 Å². The molecule has 0 amide bonds. The van der Waals surface area contributed by atoms with Gasteiger partial charge >= 0.3 is 18.5 Å². The van der Waals surface area contributed by atoms with Gasteiger partial charge in [0.25, 0.3) is 0 Å². The summed E-state index contributed by atoms with van der Waals surface area (Å²) in [6, 6.07) is 4.39. The summed E-state index contributed by atoms with van der Waals surface area (Å²) >= 11 is 0. The van der Waals surface area contributed by atoms with Crippen LogP contribution in [0.2, 0.25) is 0 Å². The van der Waals surface area contributed by atoms with Gasteiger partial charge in [0.15, 0.2) is 0 Å². The Morgan fingerprint density at radius 2 is 1.32 bits per heavy atom. The topological polar surface area (TPSA) is 38.0 Å². The Balaban J connectivity index is 2.33. The molecule has 0 aromatic heterocycles. The first-order valence-electron chi connectivity index (χ1n) is 10.6. The van der Waals surface area contributed by atoms with E-state index in [0.717, 1.165) is 25.0 Å². The Morgan fingerprint density at radius 3 is 1.79 bits per heavy atom. The number of nitrogens with two attached hydrogens (primary N) is 1. The highest BCUT2D eigenvalue weighted by Crippen LogP contribution is 2.37. The number of hydrogen-bond donors (Lipinski definition) is 2. The zero-order valence-corrected chi connectivity index (χ0v) is 18.3. The van der Waals surface area contributed by atoms with E-state index < -0.39 is 41.8 Å². The summed E-state index contributed by atoms with van der Waals surface area (Å²) < 4.78 is 118. The first-order valence-corrected chi connectivity index (χ1v) is 10.6. The van der Waals surface area contributed by atoms with Crippen LogP contribution in [0.5, 0.6) is 0 Å². The van der Waals surface area contributed by atoms with Crippen molar-refractivity contribution in [2.45, 2.75) is 63.7 Å². The van der Waals surface area contributed by atoms with E-state index in [0.29, 0.717) is 24.1 Å². The highest BCUT2D eigenvalue weighted by Gasteiger charge is 2.37. The third-order valence-electron chi connectivity index (χ3n) is 5.39. The lowest BCUT2D eigenvalue weighted by molar-refractivity contribution is -0.143. The number of unbranched alkanes of at least 4 members (excludes halogenated alkanes) is 1. The third-order valence-corrected chi connectivity index (χ3v) is 5.39. The minimum Gasteiger partial charge on any atom is -0.330 e. The van der Waals surface area contributed by atoms with Gasteiger partial charge in [-0.2, -0.15) is 39.5 Å². The molecule has 2 rings (SSSR count). The standard InChI is InChI=1S/C23H25F9N2/c1-2-3-4-15(11-33)20-6-5-17(21(24,25)26)9-16(20)13-34-12-14-7-18(22(27,28)29)10-19(8-14)23(30,31)32/h5-10,15,34H,2-4,11-13,33H2,1H3. The van der Waals surface area contributed by atoms with Crippen molar-refractivity contribution in [3.63, 3.8) is 0 Å². The summed E-state index contributed by atoms with van der Waals surface area (Å²) in [5.41, 5.74) is 2.51. The van der Waals surface area contributed by atoms with E-state index in [2.05, 4.69) is 5.32 Å². The molecule has 0 saturated carbocycles. The van der Waals surface area contributed by atoms with Crippen molar-refractivity contribution in [2.75, 3.05) is 6.54 Å². The largest absolute Gasteiger partial charge is 0.416 e. The molecular formula is C23H25F9N2. The van der Waals surface area contributed by atoms with Gasteiger partial charge in [-0.25, -0.2) is 0 Å². The van der Waals surface area contributed by atoms with Crippen LogP contribution in [0.25, 0.3) is 0 Å². The normalized spacial score (nSPS) is 13.9. The molecule has 0 bridgehead atoms. The molecule has 34 heavy (non-hydrogen) atoms. The van der Waals surface area contributed by atoms with Gasteiger partial charge in [-0.15, -0.1) is 0 Å². The predicted octanol–water partition coefficient (Wildman–Crippen LogP) is 7.27. The number of nitrogens with one attached hydrogen (secondary N) is 1. The molecule has 0 fully saturated rings. The van der Waals surface area contributed by atoms with Crippen molar-refractivity contribution < 1.29 is 39.5 Å². The van der Waals surface area contributed by atoms with Crippen molar-refractivity contribution in [1.29, 1.82) is 0 Å². The molecular weight excluding hydrogens is 475 g/mol. The summed E-state index contributed by atoms with van der Waals surface area (Å²) in [7, 11) is 0. The molecule has 190 valence electrons. The molecule has 0 heterocycles. The molecule has 0 saturated heterocycles. The van der Waals surface area contributed by atoms with Gasteiger partial charge in [-0.1, -0.05) is 25.8 Å². The summed E-state index contributed by atoms with van der Waals surface area (Å²) in [6.07, 6.45) is -12.3. The monoisotopic (exact) mass is 500 g/mol. The highest BCUT2D eigenvalue weighted by atomic mass is 19.4. The second-order valence-electron chi connectivity index (χ2n) is 8.00. The average molecular weight is 500 g/mol. The number of benzene rings is 2. The first kappa shape index (κ1) is 28.0. The number of halogens is 9. The Labute approximate surface area is 191 Å². The van der Waals surface area contributed by atoms with Gasteiger partial charge in [-0.3, -0.25) is 0 Å². The number of alkyl halides is 9. The fourth-order valence-corrected chi connectivity index (χ4v) is 3.65. The van der Waals surface area contributed by atoms with Gasteiger partial charge in [0.05, 0.1) is 16.7 Å². The minimum atomic E-state index is -4.99. The summed E-state index contributed by atoms with van der Waals surface area (Å²) in [5, 5.41) is 2.69. The van der Waals surface area contributed by atoms with Crippen LogP contribution in [-0.4, -0.2) is 6.54 Å². The molecule has 0 aliphatic heterocycles. The quantitative estimate of drug-likeness (QED) is 0.356. The van der Waals surface area contributed by atoms with Gasteiger partial charge in [0.2, 0.25) is 0 Å². The van der Waals surface area contributed by atoms with Crippen molar-refractivity contribution >= 4 is 0 Å². The molecule has 0 radical (unpaired) electrons. The van der Waals surface area contributed by atoms with Crippen molar-refractivity contribution in [2.24, 2.45) is 5.73 Å². The second-order valence-corrected chi connectivity index (χ2v) is 8.00. The van der Waals surface area contributed by atoms with Crippen LogP contribution in [0.3, 0.4) is 0 Å². The maximum Gasteiger partial charge on any atom is 0.416 e. The third kappa shape index (κ3) is 7.63. The Morgan fingerprint density at radius 1 is 0.765 bits per heavy atom. The van der Waals surface area contributed by atoms with Crippen LogP contribution in [-0.2, 0) is 31.6 Å². The maximum absolute atomic E-state index is 13.2. The Kier molecular flexibility index (Phi) is 9.04. The zero-order chi connectivity index (χ0) is 25.7. The molecule has 11 heteroatoms. The zero-order valence-electron chi connectivity index (χ0n) is 18.3. The van der Waals surface area contributed by atoms with E-state index in [1.165, 1.54) is 6.07 Å². The van der Waals surface area contributed by atoms with Crippen LogP contribution < -0.4 is 11.1 Å². The second kappa shape index (κ2) is 11.0. The van der Waals surface area contributed by atoms with Crippen LogP contribution in [0, 0.1) is 0 Å². The average Bonchev–Trinajstić information content (AvgIpc) is 2.72. The molecule has 0 spiro atoms. The summed E-state index contributed by atoms with van der Waals surface area (Å²) in [6.45, 7) is 1.53. The first-order chi connectivity index (χ1) is 15.7. The van der Waals surface area contributed by atoms with Gasteiger partial charge in [0, 0.05) is 13.1 Å². The SMILES string of the molecule is CCCCC(CN)c1ccc(C(F)(F)F)cc1CNCc1cc(C(F)(F)F)cc(C(F)(F)F)c1. The molecule has 0 aliphatic rings. The molecule has 0 aliphatic carbocycles. The lowest BCUT2D eigenvalue weighted by Crippen LogP contribution is -2.20. The summed E-state index contributed by atoms with van der Waals surface area (Å²) in [4.78, 5) is 0. The summed E-state index contributed by atoms with van der Waals surface area (Å²) in [5.74, 6) is -0.232. The lowest BCUT2D eigenvalue weighted by Gasteiger charge is -2.21. The number of rotatable bonds is 9. The van der Waals surface area contributed by atoms with E-state index in [9.17, 15) is 39.5 Å². The maximum atomic E-state index is 13.2. The predicted molar refractivity (Wildman–Crippen MR) is 110 cm³/mol. The Hall–Kier alpha value is -2.27. The minimum absolute atomic E-state index is 0.0218. The molecule has 1 atom stereocenters. The molecule has 2 aromatic carbocycles. The molecule has 3 N–H and O–H groups in total. The lowest BCUT2D eigenvalue weighted by atomic mass is 9.88. The van der Waals surface area contributed by atoms with Crippen LogP contribution in [0.4, 0.5) is 39.5 Å². The van der Waals surface area contributed by atoms with Crippen molar-refractivity contribution in [3.05, 3.63) is 69.8 Å². The fraction of sp³-hybridized carbons (Fsp3) is 0.478. The molecule has 2 nitrogen and oxygen atoms in total. The smallest absolute Gasteiger partial charge is 0.330 e. The van der Waals surface area contributed by atoms with Crippen LogP contribution >= 0.6 is 0 Å².